The van der Waals surface area contributed by atoms with E-state index in [0.717, 1.165) is 6.92 Å². The molecule has 7 heteroatoms. The molecule has 13 heavy (non-hydrogen) atoms. The molecule has 4 nitrogen and oxygen atoms in total. The Morgan fingerprint density at radius 3 is 2.15 bits per heavy atom. The molecule has 0 aromatic carbocycles. The summed E-state index contributed by atoms with van der Waals surface area (Å²) in [5.41, 5.74) is 0. The van der Waals surface area contributed by atoms with Crippen LogP contribution in [0.3, 0.4) is 0 Å². The SMILES string of the molecule is CC(=O)NS(=O)(=O)C1(C(F)F)CC1. The minimum Gasteiger partial charge on any atom is -0.274 e. The van der Waals surface area contributed by atoms with Gasteiger partial charge in [-0.3, -0.25) is 9.52 Å². The minimum atomic E-state index is -4.20. The van der Waals surface area contributed by atoms with Crippen molar-refractivity contribution in [2.75, 3.05) is 0 Å². The minimum absolute atomic E-state index is 0.0900. The van der Waals surface area contributed by atoms with Crippen LogP contribution in [0.5, 0.6) is 0 Å². The number of rotatable bonds is 3. The maximum atomic E-state index is 12.3. The Labute approximate surface area is 74.4 Å². The largest absolute Gasteiger partial charge is 0.274 e. The fourth-order valence-electron chi connectivity index (χ4n) is 1.02. The lowest BCUT2D eigenvalue weighted by Gasteiger charge is -2.14. The molecule has 0 atom stereocenters. The Balaban J connectivity index is 2.88. The molecule has 1 N–H and O–H groups in total. The second-order valence-electron chi connectivity index (χ2n) is 3.03. The Morgan fingerprint density at radius 1 is 1.46 bits per heavy atom. The van der Waals surface area contributed by atoms with Crippen molar-refractivity contribution in [2.24, 2.45) is 0 Å². The predicted molar refractivity (Wildman–Crippen MR) is 40.7 cm³/mol. The molecule has 1 amide bonds. The Hall–Kier alpha value is -0.720. The van der Waals surface area contributed by atoms with Crippen molar-refractivity contribution in [3.05, 3.63) is 0 Å². The molecule has 1 rings (SSSR count). The highest BCUT2D eigenvalue weighted by Crippen LogP contribution is 2.47. The molecule has 1 aliphatic rings. The summed E-state index contributed by atoms with van der Waals surface area (Å²) < 4.78 is 46.4. The summed E-state index contributed by atoms with van der Waals surface area (Å²) in [7, 11) is -4.20. The van der Waals surface area contributed by atoms with Crippen molar-refractivity contribution < 1.29 is 22.0 Å². The standard InChI is InChI=1S/C6H9F2NO3S/c1-4(10)9-13(11,12)6(2-3-6)5(7)8/h5H,2-3H2,1H3,(H,9,10). The maximum absolute atomic E-state index is 12.3. The molecule has 76 valence electrons. The van der Waals surface area contributed by atoms with Gasteiger partial charge in [-0.2, -0.15) is 0 Å². The van der Waals surface area contributed by atoms with E-state index in [1.807, 2.05) is 0 Å². The van der Waals surface area contributed by atoms with Gasteiger partial charge >= 0.3 is 0 Å². The molecule has 0 aromatic rings. The quantitative estimate of drug-likeness (QED) is 0.731. The van der Waals surface area contributed by atoms with E-state index >= 15 is 0 Å². The summed E-state index contributed by atoms with van der Waals surface area (Å²) in [5.74, 6) is -0.841. The van der Waals surface area contributed by atoms with Crippen LogP contribution in [0.15, 0.2) is 0 Å². The van der Waals surface area contributed by atoms with Crippen LogP contribution in [-0.2, 0) is 14.8 Å². The molecule has 0 bridgehead atoms. The number of carbonyl (C=O) groups is 1. The average molecular weight is 213 g/mol. The van der Waals surface area contributed by atoms with Crippen LogP contribution in [0.25, 0.3) is 0 Å². The van der Waals surface area contributed by atoms with Gasteiger partial charge < -0.3 is 0 Å². The summed E-state index contributed by atoms with van der Waals surface area (Å²) in [6.07, 6.45) is -3.12. The van der Waals surface area contributed by atoms with Crippen LogP contribution in [0.2, 0.25) is 0 Å². The van der Waals surface area contributed by atoms with Gasteiger partial charge in [0.15, 0.2) is 4.75 Å². The van der Waals surface area contributed by atoms with Gasteiger partial charge in [0.25, 0.3) is 6.43 Å². The number of hydrogen-bond donors (Lipinski definition) is 1. The van der Waals surface area contributed by atoms with E-state index in [1.54, 1.807) is 4.72 Å². The van der Waals surface area contributed by atoms with Crippen molar-refractivity contribution >= 4 is 15.9 Å². The highest BCUT2D eigenvalue weighted by molar-refractivity contribution is 7.91. The van der Waals surface area contributed by atoms with E-state index in [9.17, 15) is 22.0 Å². The van der Waals surface area contributed by atoms with Crippen LogP contribution in [-0.4, -0.2) is 25.5 Å². The lowest BCUT2D eigenvalue weighted by Crippen LogP contribution is -2.42. The molecule has 0 radical (unpaired) electrons. The Kier molecular flexibility index (Phi) is 2.31. The molecule has 0 heterocycles. The first-order chi connectivity index (χ1) is 5.82. The normalized spacial score (nSPS) is 20.0. The summed E-state index contributed by atoms with van der Waals surface area (Å²) in [6.45, 7) is 0.971. The van der Waals surface area contributed by atoms with E-state index in [4.69, 9.17) is 0 Å². The van der Waals surface area contributed by atoms with Crippen molar-refractivity contribution in [2.45, 2.75) is 30.9 Å². The smallest absolute Gasteiger partial charge is 0.259 e. The monoisotopic (exact) mass is 213 g/mol. The first kappa shape index (κ1) is 10.4. The molecular weight excluding hydrogens is 204 g/mol. The number of alkyl halides is 2. The molecule has 1 fully saturated rings. The third-order valence-electron chi connectivity index (χ3n) is 1.95. The van der Waals surface area contributed by atoms with Gasteiger partial charge in [0.05, 0.1) is 0 Å². The van der Waals surface area contributed by atoms with Gasteiger partial charge in [0.1, 0.15) is 0 Å². The molecule has 0 aromatic heterocycles. The summed E-state index contributed by atoms with van der Waals surface area (Å²) in [4.78, 5) is 10.4. The lowest BCUT2D eigenvalue weighted by atomic mass is 10.4. The van der Waals surface area contributed by atoms with Crippen LogP contribution in [0, 0.1) is 0 Å². The zero-order chi connectivity index (χ0) is 10.3. The van der Waals surface area contributed by atoms with Gasteiger partial charge in [0, 0.05) is 6.92 Å². The number of amides is 1. The fourth-order valence-corrected chi connectivity index (χ4v) is 2.47. The molecule has 1 saturated carbocycles. The van der Waals surface area contributed by atoms with E-state index in [-0.39, 0.29) is 12.8 Å². The first-order valence-electron chi connectivity index (χ1n) is 3.63. The maximum Gasteiger partial charge on any atom is 0.259 e. The summed E-state index contributed by atoms with van der Waals surface area (Å²) in [5, 5.41) is 0. The molecule has 0 unspecified atom stereocenters. The van der Waals surface area contributed by atoms with E-state index in [1.165, 1.54) is 0 Å². The number of sulfonamides is 1. The van der Waals surface area contributed by atoms with E-state index in [2.05, 4.69) is 0 Å². The van der Waals surface area contributed by atoms with Gasteiger partial charge in [-0.15, -0.1) is 0 Å². The Morgan fingerprint density at radius 2 is 1.92 bits per heavy atom. The highest BCUT2D eigenvalue weighted by Gasteiger charge is 2.62. The first-order valence-corrected chi connectivity index (χ1v) is 5.11. The molecular formula is C6H9F2NO3S. The van der Waals surface area contributed by atoms with Crippen molar-refractivity contribution in [3.8, 4) is 0 Å². The van der Waals surface area contributed by atoms with Gasteiger partial charge in [-0.05, 0) is 12.8 Å². The molecule has 0 saturated heterocycles. The predicted octanol–water partition coefficient (Wildman–Crippen LogP) is 0.250. The van der Waals surface area contributed by atoms with Gasteiger partial charge in [-0.1, -0.05) is 0 Å². The molecule has 0 spiro atoms. The lowest BCUT2D eigenvalue weighted by molar-refractivity contribution is -0.117. The fraction of sp³-hybridized carbons (Fsp3) is 0.833. The molecule has 0 aliphatic heterocycles. The van der Waals surface area contributed by atoms with Crippen LogP contribution in [0.1, 0.15) is 19.8 Å². The Bertz CT molecular complexity index is 321. The van der Waals surface area contributed by atoms with Crippen molar-refractivity contribution in [3.63, 3.8) is 0 Å². The van der Waals surface area contributed by atoms with Crippen LogP contribution >= 0.6 is 0 Å². The van der Waals surface area contributed by atoms with E-state index < -0.39 is 27.1 Å². The second-order valence-corrected chi connectivity index (χ2v) is 5.05. The van der Waals surface area contributed by atoms with Crippen molar-refractivity contribution in [1.29, 1.82) is 0 Å². The zero-order valence-corrected chi connectivity index (χ0v) is 7.70. The third-order valence-corrected chi connectivity index (χ3v) is 4.17. The van der Waals surface area contributed by atoms with Crippen LogP contribution < -0.4 is 4.72 Å². The van der Waals surface area contributed by atoms with Gasteiger partial charge in [-0.25, -0.2) is 17.2 Å². The van der Waals surface area contributed by atoms with Gasteiger partial charge in [0.2, 0.25) is 15.9 Å². The van der Waals surface area contributed by atoms with Crippen LogP contribution in [0.4, 0.5) is 8.78 Å². The summed E-state index contributed by atoms with van der Waals surface area (Å²) >= 11 is 0. The number of carbonyl (C=O) groups excluding carboxylic acids is 1. The highest BCUT2D eigenvalue weighted by atomic mass is 32.2. The zero-order valence-electron chi connectivity index (χ0n) is 6.88. The summed E-state index contributed by atoms with van der Waals surface area (Å²) in [6, 6.07) is 0. The second kappa shape index (κ2) is 2.90. The molecule has 1 aliphatic carbocycles. The number of nitrogens with one attached hydrogen (secondary N) is 1. The van der Waals surface area contributed by atoms with E-state index in [0.29, 0.717) is 0 Å². The third kappa shape index (κ3) is 1.65. The number of halogens is 2. The topological polar surface area (TPSA) is 63.2 Å². The number of hydrogen-bond acceptors (Lipinski definition) is 3. The average Bonchev–Trinajstić information content (AvgIpc) is 2.60. The van der Waals surface area contributed by atoms with Crippen molar-refractivity contribution in [1.82, 2.24) is 4.72 Å².